The molecular formula is C13H25N3O. The van der Waals surface area contributed by atoms with Crippen molar-refractivity contribution in [3.63, 3.8) is 0 Å². The van der Waals surface area contributed by atoms with Gasteiger partial charge in [-0.2, -0.15) is 0 Å². The first kappa shape index (κ1) is 12.8. The van der Waals surface area contributed by atoms with Gasteiger partial charge in [0, 0.05) is 19.1 Å². The molecule has 4 nitrogen and oxygen atoms in total. The van der Waals surface area contributed by atoms with E-state index in [2.05, 4.69) is 38.2 Å². The minimum absolute atomic E-state index is 0.297. The third-order valence-electron chi connectivity index (χ3n) is 4.36. The standard InChI is InChI=1S/C13H25N3O/c1-10-8-16(9-11(10)15(3)4)12(17)13(2)6-5-7-14-13/h10-11,14H,5-9H2,1-4H3. The highest BCUT2D eigenvalue weighted by Crippen LogP contribution is 2.26. The van der Waals surface area contributed by atoms with Gasteiger partial charge in [-0.3, -0.25) is 4.79 Å². The Morgan fingerprint density at radius 2 is 2.12 bits per heavy atom. The number of nitrogens with one attached hydrogen (secondary N) is 1. The molecule has 4 heteroatoms. The predicted molar refractivity (Wildman–Crippen MR) is 68.9 cm³/mol. The zero-order chi connectivity index (χ0) is 12.6. The Balaban J connectivity index is 2.02. The third-order valence-corrected chi connectivity index (χ3v) is 4.36. The summed E-state index contributed by atoms with van der Waals surface area (Å²) in [5.74, 6) is 0.866. The maximum absolute atomic E-state index is 12.5. The topological polar surface area (TPSA) is 35.6 Å². The molecule has 0 aromatic heterocycles. The molecule has 1 N–H and O–H groups in total. The second kappa shape index (κ2) is 4.58. The zero-order valence-electron chi connectivity index (χ0n) is 11.5. The molecule has 0 radical (unpaired) electrons. The predicted octanol–water partition coefficient (Wildman–Crippen LogP) is 0.537. The number of carbonyl (C=O) groups is 1. The van der Waals surface area contributed by atoms with Gasteiger partial charge in [0.05, 0.1) is 5.54 Å². The highest BCUT2D eigenvalue weighted by atomic mass is 16.2. The van der Waals surface area contributed by atoms with Crippen LogP contribution >= 0.6 is 0 Å². The van der Waals surface area contributed by atoms with E-state index < -0.39 is 0 Å². The van der Waals surface area contributed by atoms with Crippen LogP contribution in [-0.2, 0) is 4.79 Å². The second-order valence-corrected chi connectivity index (χ2v) is 6.08. The summed E-state index contributed by atoms with van der Waals surface area (Å²) in [6.07, 6.45) is 2.09. The van der Waals surface area contributed by atoms with Crippen molar-refractivity contribution in [1.82, 2.24) is 15.1 Å². The van der Waals surface area contributed by atoms with E-state index in [4.69, 9.17) is 0 Å². The average Bonchev–Trinajstić information content (AvgIpc) is 2.84. The van der Waals surface area contributed by atoms with Gasteiger partial charge >= 0.3 is 0 Å². The minimum atomic E-state index is -0.305. The number of hydrogen-bond acceptors (Lipinski definition) is 3. The summed E-state index contributed by atoms with van der Waals surface area (Å²) in [5.41, 5.74) is -0.305. The Kier molecular flexibility index (Phi) is 3.46. The lowest BCUT2D eigenvalue weighted by molar-refractivity contribution is -0.136. The summed E-state index contributed by atoms with van der Waals surface area (Å²) in [6, 6.07) is 0.504. The van der Waals surface area contributed by atoms with Crippen LogP contribution in [0.1, 0.15) is 26.7 Å². The van der Waals surface area contributed by atoms with E-state index in [1.54, 1.807) is 0 Å². The molecule has 17 heavy (non-hydrogen) atoms. The summed E-state index contributed by atoms with van der Waals surface area (Å²) >= 11 is 0. The fourth-order valence-electron chi connectivity index (χ4n) is 3.21. The van der Waals surface area contributed by atoms with E-state index in [0.29, 0.717) is 17.9 Å². The van der Waals surface area contributed by atoms with Crippen LogP contribution in [0, 0.1) is 5.92 Å². The van der Waals surface area contributed by atoms with Crippen LogP contribution in [0.25, 0.3) is 0 Å². The number of hydrogen-bond donors (Lipinski definition) is 1. The van der Waals surface area contributed by atoms with Crippen LogP contribution in [0.2, 0.25) is 0 Å². The van der Waals surface area contributed by atoms with E-state index in [-0.39, 0.29) is 5.54 Å². The number of likely N-dealkylation sites (tertiary alicyclic amines) is 1. The number of amides is 1. The van der Waals surface area contributed by atoms with Crippen LogP contribution in [0.15, 0.2) is 0 Å². The van der Waals surface area contributed by atoms with E-state index in [9.17, 15) is 4.79 Å². The molecule has 0 bridgehead atoms. The van der Waals surface area contributed by atoms with Gasteiger partial charge in [-0.25, -0.2) is 0 Å². The van der Waals surface area contributed by atoms with Gasteiger partial charge in [0.15, 0.2) is 0 Å². The summed E-state index contributed by atoms with van der Waals surface area (Å²) in [5, 5.41) is 3.36. The molecule has 2 saturated heterocycles. The van der Waals surface area contributed by atoms with Gasteiger partial charge in [0.2, 0.25) is 5.91 Å². The molecule has 2 fully saturated rings. The molecule has 0 aliphatic carbocycles. The summed E-state index contributed by atoms with van der Waals surface area (Å²) in [6.45, 7) is 7.05. The van der Waals surface area contributed by atoms with Gasteiger partial charge in [-0.1, -0.05) is 6.92 Å². The van der Waals surface area contributed by atoms with Crippen LogP contribution in [0.5, 0.6) is 0 Å². The molecular weight excluding hydrogens is 214 g/mol. The van der Waals surface area contributed by atoms with Gasteiger partial charge in [0.1, 0.15) is 0 Å². The second-order valence-electron chi connectivity index (χ2n) is 6.08. The van der Waals surface area contributed by atoms with Gasteiger partial charge in [0.25, 0.3) is 0 Å². The lowest BCUT2D eigenvalue weighted by Gasteiger charge is -2.29. The Morgan fingerprint density at radius 3 is 2.59 bits per heavy atom. The quantitative estimate of drug-likeness (QED) is 0.764. The minimum Gasteiger partial charge on any atom is -0.339 e. The van der Waals surface area contributed by atoms with E-state index in [1.165, 1.54) is 0 Å². The van der Waals surface area contributed by atoms with Crippen molar-refractivity contribution in [3.05, 3.63) is 0 Å². The van der Waals surface area contributed by atoms with Crippen molar-refractivity contribution in [3.8, 4) is 0 Å². The fraction of sp³-hybridized carbons (Fsp3) is 0.923. The lowest BCUT2D eigenvalue weighted by Crippen LogP contribution is -2.52. The molecule has 3 atom stereocenters. The lowest BCUT2D eigenvalue weighted by atomic mass is 9.98. The van der Waals surface area contributed by atoms with E-state index >= 15 is 0 Å². The Morgan fingerprint density at radius 1 is 1.41 bits per heavy atom. The number of nitrogens with zero attached hydrogens (tertiary/aromatic N) is 2. The molecule has 0 aromatic rings. The molecule has 2 rings (SSSR count). The molecule has 2 heterocycles. The third kappa shape index (κ3) is 2.33. The van der Waals surface area contributed by atoms with Crippen molar-refractivity contribution in [2.24, 2.45) is 5.92 Å². The first-order valence-electron chi connectivity index (χ1n) is 6.65. The highest BCUT2D eigenvalue weighted by molar-refractivity contribution is 5.86. The summed E-state index contributed by atoms with van der Waals surface area (Å²) < 4.78 is 0. The molecule has 2 aliphatic heterocycles. The maximum atomic E-state index is 12.5. The number of rotatable bonds is 2. The smallest absolute Gasteiger partial charge is 0.242 e. The highest BCUT2D eigenvalue weighted by Gasteiger charge is 2.43. The first-order valence-corrected chi connectivity index (χ1v) is 6.65. The van der Waals surface area contributed by atoms with E-state index in [1.807, 2.05) is 4.90 Å². The van der Waals surface area contributed by atoms with Crippen molar-refractivity contribution < 1.29 is 4.79 Å². The fourth-order valence-corrected chi connectivity index (χ4v) is 3.21. The molecule has 2 aliphatic rings. The van der Waals surface area contributed by atoms with Crippen molar-refractivity contribution in [2.45, 2.75) is 38.3 Å². The summed E-state index contributed by atoms with van der Waals surface area (Å²) in [7, 11) is 4.20. The number of carbonyl (C=O) groups excluding carboxylic acids is 1. The maximum Gasteiger partial charge on any atom is 0.242 e. The molecule has 3 unspecified atom stereocenters. The van der Waals surface area contributed by atoms with Crippen molar-refractivity contribution in [1.29, 1.82) is 0 Å². The van der Waals surface area contributed by atoms with E-state index in [0.717, 1.165) is 32.5 Å². The summed E-state index contributed by atoms with van der Waals surface area (Å²) in [4.78, 5) is 16.8. The normalized spacial score (nSPS) is 38.1. The average molecular weight is 239 g/mol. The molecule has 0 spiro atoms. The van der Waals surface area contributed by atoms with Crippen molar-refractivity contribution >= 4 is 5.91 Å². The van der Waals surface area contributed by atoms with Gasteiger partial charge in [-0.15, -0.1) is 0 Å². The molecule has 0 saturated carbocycles. The van der Waals surface area contributed by atoms with Crippen LogP contribution in [0.4, 0.5) is 0 Å². The molecule has 1 amide bonds. The Bertz CT molecular complexity index is 297. The van der Waals surface area contributed by atoms with Crippen LogP contribution in [-0.4, -0.2) is 61.0 Å². The van der Waals surface area contributed by atoms with Crippen LogP contribution in [0.3, 0.4) is 0 Å². The van der Waals surface area contributed by atoms with Crippen LogP contribution < -0.4 is 5.32 Å². The SMILES string of the molecule is CC1CN(C(=O)C2(C)CCCN2)CC1N(C)C. The molecule has 0 aromatic carbocycles. The van der Waals surface area contributed by atoms with Gasteiger partial charge < -0.3 is 15.1 Å². The number of likely N-dealkylation sites (N-methyl/N-ethyl adjacent to an activating group) is 1. The molecule has 98 valence electrons. The van der Waals surface area contributed by atoms with Crippen molar-refractivity contribution in [2.75, 3.05) is 33.7 Å². The Hall–Kier alpha value is -0.610. The van der Waals surface area contributed by atoms with Gasteiger partial charge in [-0.05, 0) is 46.3 Å². The monoisotopic (exact) mass is 239 g/mol. The first-order chi connectivity index (χ1) is 7.94. The Labute approximate surface area is 104 Å². The zero-order valence-corrected chi connectivity index (χ0v) is 11.5. The largest absolute Gasteiger partial charge is 0.339 e.